The monoisotopic (exact) mass is 373 g/mol. The number of ether oxygens (including phenoxy) is 1. The first-order chi connectivity index (χ1) is 13.8. The van der Waals surface area contributed by atoms with Gasteiger partial charge < -0.3 is 14.5 Å². The number of nitrogens with one attached hydrogen (secondary N) is 1. The molecule has 0 radical (unpaired) electrons. The van der Waals surface area contributed by atoms with Gasteiger partial charge in [-0.3, -0.25) is 4.79 Å². The molecule has 2 aromatic heterocycles. The number of rotatable bonds is 7. The maximum atomic E-state index is 12.4. The molecule has 1 amide bonds. The maximum absolute atomic E-state index is 12.4. The van der Waals surface area contributed by atoms with E-state index in [1.165, 1.54) is 0 Å². The molecule has 28 heavy (non-hydrogen) atoms. The van der Waals surface area contributed by atoms with Gasteiger partial charge in [-0.1, -0.05) is 48.5 Å². The Labute approximate surface area is 162 Å². The number of anilines is 1. The van der Waals surface area contributed by atoms with Gasteiger partial charge in [0.1, 0.15) is 23.9 Å². The van der Waals surface area contributed by atoms with Gasteiger partial charge in [0.25, 0.3) is 5.91 Å². The van der Waals surface area contributed by atoms with Crippen LogP contribution in [0.25, 0.3) is 11.1 Å². The molecule has 2 heterocycles. The van der Waals surface area contributed by atoms with Gasteiger partial charge in [0.15, 0.2) is 6.61 Å². The molecule has 0 aliphatic carbocycles. The third-order valence-electron chi connectivity index (χ3n) is 4.20. The highest BCUT2D eigenvalue weighted by Crippen LogP contribution is 2.29. The van der Waals surface area contributed by atoms with Crippen LogP contribution in [-0.4, -0.2) is 22.3 Å². The fourth-order valence-electron chi connectivity index (χ4n) is 2.89. The van der Waals surface area contributed by atoms with Gasteiger partial charge in [0.05, 0.1) is 12.5 Å². The average molecular weight is 373 g/mol. The zero-order chi connectivity index (χ0) is 19.2. The summed E-state index contributed by atoms with van der Waals surface area (Å²) in [5.41, 5.74) is 1.98. The number of carbonyl (C=O) groups is 1. The van der Waals surface area contributed by atoms with Gasteiger partial charge in [0, 0.05) is 11.6 Å². The molecular weight excluding hydrogens is 354 g/mol. The first kappa shape index (κ1) is 17.6. The molecule has 0 spiro atoms. The van der Waals surface area contributed by atoms with Crippen molar-refractivity contribution >= 4 is 11.7 Å². The molecule has 0 saturated heterocycles. The van der Waals surface area contributed by atoms with Crippen molar-refractivity contribution in [2.45, 2.75) is 6.54 Å². The number of carbonyl (C=O) groups excluding carboxylic acids is 1. The van der Waals surface area contributed by atoms with E-state index in [0.717, 1.165) is 16.9 Å². The van der Waals surface area contributed by atoms with Crippen molar-refractivity contribution in [3.8, 4) is 16.9 Å². The smallest absolute Gasteiger partial charge is 0.263 e. The third-order valence-corrected chi connectivity index (χ3v) is 4.20. The SMILES string of the molecule is O=C(COc1ccccc1-c1ccccc1)Nc1ccnn1Cc1ccco1. The number of hydrogen-bond acceptors (Lipinski definition) is 4. The van der Waals surface area contributed by atoms with Crippen LogP contribution in [0.3, 0.4) is 0 Å². The van der Waals surface area contributed by atoms with Crippen LogP contribution in [0.1, 0.15) is 5.76 Å². The fraction of sp³-hybridized carbons (Fsp3) is 0.0909. The Morgan fingerprint density at radius 2 is 1.82 bits per heavy atom. The molecule has 0 fully saturated rings. The van der Waals surface area contributed by atoms with Crippen molar-refractivity contribution in [2.75, 3.05) is 11.9 Å². The van der Waals surface area contributed by atoms with Gasteiger partial charge in [-0.25, -0.2) is 4.68 Å². The van der Waals surface area contributed by atoms with E-state index in [9.17, 15) is 4.79 Å². The molecule has 0 saturated carbocycles. The van der Waals surface area contributed by atoms with Crippen LogP contribution in [0.2, 0.25) is 0 Å². The van der Waals surface area contributed by atoms with Gasteiger partial charge >= 0.3 is 0 Å². The molecule has 2 aromatic carbocycles. The summed E-state index contributed by atoms with van der Waals surface area (Å²) in [7, 11) is 0. The lowest BCUT2D eigenvalue weighted by Gasteiger charge is -2.12. The first-order valence-corrected chi connectivity index (χ1v) is 8.91. The molecular formula is C22H19N3O3. The number of aromatic nitrogens is 2. The predicted molar refractivity (Wildman–Crippen MR) is 106 cm³/mol. The Morgan fingerprint density at radius 3 is 2.64 bits per heavy atom. The molecule has 0 bridgehead atoms. The summed E-state index contributed by atoms with van der Waals surface area (Å²) in [6.45, 7) is 0.336. The van der Waals surface area contributed by atoms with Gasteiger partial charge in [-0.15, -0.1) is 0 Å². The minimum atomic E-state index is -0.260. The quantitative estimate of drug-likeness (QED) is 0.527. The number of benzene rings is 2. The van der Waals surface area contributed by atoms with E-state index in [1.54, 1.807) is 23.2 Å². The lowest BCUT2D eigenvalue weighted by Crippen LogP contribution is -2.22. The standard InChI is InChI=1S/C22H19N3O3/c26-22(24-21-12-13-23-25(21)15-18-9-6-14-27-18)16-28-20-11-5-4-10-19(20)17-7-2-1-3-8-17/h1-14H,15-16H2,(H,24,26). The zero-order valence-corrected chi connectivity index (χ0v) is 15.1. The van der Waals surface area contributed by atoms with Crippen LogP contribution in [0.4, 0.5) is 5.82 Å². The summed E-state index contributed by atoms with van der Waals surface area (Å²) in [5.74, 6) is 1.74. The average Bonchev–Trinajstić information content (AvgIpc) is 3.40. The fourth-order valence-corrected chi connectivity index (χ4v) is 2.89. The molecule has 6 nitrogen and oxygen atoms in total. The maximum Gasteiger partial charge on any atom is 0.263 e. The molecule has 1 N–H and O–H groups in total. The molecule has 140 valence electrons. The zero-order valence-electron chi connectivity index (χ0n) is 15.1. The molecule has 4 rings (SSSR count). The van der Waals surface area contributed by atoms with Crippen molar-refractivity contribution in [2.24, 2.45) is 0 Å². The minimum Gasteiger partial charge on any atom is -0.483 e. The van der Waals surface area contributed by atoms with E-state index in [1.807, 2.05) is 66.7 Å². The van der Waals surface area contributed by atoms with Crippen molar-refractivity contribution in [1.82, 2.24) is 9.78 Å². The van der Waals surface area contributed by atoms with Crippen LogP contribution in [0, 0.1) is 0 Å². The van der Waals surface area contributed by atoms with E-state index in [0.29, 0.717) is 18.1 Å². The summed E-state index contributed by atoms with van der Waals surface area (Å²) in [6, 6.07) is 23.0. The Kier molecular flexibility index (Phi) is 5.20. The first-order valence-electron chi connectivity index (χ1n) is 8.91. The van der Waals surface area contributed by atoms with Gasteiger partial charge in [0.2, 0.25) is 0 Å². The van der Waals surface area contributed by atoms with E-state index in [2.05, 4.69) is 10.4 Å². The summed E-state index contributed by atoms with van der Waals surface area (Å²) in [5, 5.41) is 7.04. The predicted octanol–water partition coefficient (Wildman–Crippen LogP) is 4.21. The number of amides is 1. The second-order valence-electron chi connectivity index (χ2n) is 6.15. The second kappa shape index (κ2) is 8.26. The lowest BCUT2D eigenvalue weighted by atomic mass is 10.1. The summed E-state index contributed by atoms with van der Waals surface area (Å²) in [4.78, 5) is 12.4. The second-order valence-corrected chi connectivity index (χ2v) is 6.15. The third kappa shape index (κ3) is 4.12. The summed E-state index contributed by atoms with van der Waals surface area (Å²) in [6.07, 6.45) is 3.24. The largest absolute Gasteiger partial charge is 0.483 e. The van der Waals surface area contributed by atoms with Gasteiger partial charge in [-0.05, 0) is 23.8 Å². The summed E-state index contributed by atoms with van der Waals surface area (Å²) < 4.78 is 12.8. The normalized spacial score (nSPS) is 10.6. The van der Waals surface area contributed by atoms with E-state index in [4.69, 9.17) is 9.15 Å². The molecule has 6 heteroatoms. The van der Waals surface area contributed by atoms with E-state index >= 15 is 0 Å². The highest BCUT2D eigenvalue weighted by molar-refractivity contribution is 5.91. The van der Waals surface area contributed by atoms with Gasteiger partial charge in [-0.2, -0.15) is 5.10 Å². The van der Waals surface area contributed by atoms with Crippen molar-refractivity contribution in [3.63, 3.8) is 0 Å². The Bertz CT molecular complexity index is 1040. The molecule has 0 aliphatic heterocycles. The number of hydrogen-bond donors (Lipinski definition) is 1. The molecule has 0 atom stereocenters. The number of furan rings is 1. The van der Waals surface area contributed by atoms with Crippen LogP contribution in [-0.2, 0) is 11.3 Å². The molecule has 0 unspecified atom stereocenters. The van der Waals surface area contributed by atoms with Crippen LogP contribution in [0.15, 0.2) is 89.7 Å². The minimum absolute atomic E-state index is 0.101. The molecule has 4 aromatic rings. The van der Waals surface area contributed by atoms with Crippen molar-refractivity contribution < 1.29 is 13.9 Å². The Morgan fingerprint density at radius 1 is 1.00 bits per heavy atom. The van der Waals surface area contributed by atoms with Crippen LogP contribution >= 0.6 is 0 Å². The van der Waals surface area contributed by atoms with Crippen molar-refractivity contribution in [3.05, 3.63) is 91.0 Å². The Hall–Kier alpha value is -3.80. The Balaban J connectivity index is 1.41. The topological polar surface area (TPSA) is 69.3 Å². The molecule has 0 aliphatic rings. The van der Waals surface area contributed by atoms with E-state index < -0.39 is 0 Å². The highest BCUT2D eigenvalue weighted by atomic mass is 16.5. The lowest BCUT2D eigenvalue weighted by molar-refractivity contribution is -0.118. The van der Waals surface area contributed by atoms with E-state index in [-0.39, 0.29) is 12.5 Å². The van der Waals surface area contributed by atoms with Crippen LogP contribution < -0.4 is 10.1 Å². The number of para-hydroxylation sites is 1. The highest BCUT2D eigenvalue weighted by Gasteiger charge is 2.11. The number of nitrogens with zero attached hydrogens (tertiary/aromatic N) is 2. The van der Waals surface area contributed by atoms with Crippen LogP contribution in [0.5, 0.6) is 5.75 Å². The van der Waals surface area contributed by atoms with Crippen molar-refractivity contribution in [1.29, 1.82) is 0 Å². The summed E-state index contributed by atoms with van der Waals surface area (Å²) >= 11 is 0.